The molecule has 0 saturated carbocycles. The summed E-state index contributed by atoms with van der Waals surface area (Å²) in [5.74, 6) is -1.47. The van der Waals surface area contributed by atoms with Crippen LogP contribution < -0.4 is 15.4 Å². The molecule has 10 heteroatoms. The Morgan fingerprint density at radius 1 is 1.15 bits per heavy atom. The molecule has 226 valence electrons. The Morgan fingerprint density at radius 3 is 2.42 bits per heavy atom. The first-order chi connectivity index (χ1) is 18.7. The molecule has 1 heterocycles. The SMILES string of the molecule is COCCCOc1c(F)cccc1NC(=O)C[C@@H](C[C@H](NC(=O)OC(C)(C)C)[C@@H]1C[C@@H](C(C)C)C(=O)O1)C(C)C. The van der Waals surface area contributed by atoms with Crippen molar-refractivity contribution >= 4 is 23.7 Å². The number of anilines is 1. The molecule has 0 bridgehead atoms. The molecule has 0 unspecified atom stereocenters. The maximum atomic E-state index is 14.5. The van der Waals surface area contributed by atoms with E-state index in [4.69, 9.17) is 18.9 Å². The molecule has 2 N–H and O–H groups in total. The van der Waals surface area contributed by atoms with Crippen molar-refractivity contribution in [2.45, 2.75) is 91.9 Å². The van der Waals surface area contributed by atoms with Gasteiger partial charge < -0.3 is 29.6 Å². The van der Waals surface area contributed by atoms with Crippen molar-refractivity contribution in [2.24, 2.45) is 23.7 Å². The Balaban J connectivity index is 2.17. The molecule has 0 radical (unpaired) electrons. The monoisotopic (exact) mass is 566 g/mol. The Kier molecular flexibility index (Phi) is 12.7. The predicted octanol–water partition coefficient (Wildman–Crippen LogP) is 5.71. The summed E-state index contributed by atoms with van der Waals surface area (Å²) in [5, 5.41) is 5.69. The van der Waals surface area contributed by atoms with Crippen LogP contribution in [0.5, 0.6) is 5.75 Å². The van der Waals surface area contributed by atoms with Crippen molar-refractivity contribution < 1.29 is 37.7 Å². The Hall–Kier alpha value is -2.88. The number of amides is 2. The molecule has 2 amide bonds. The van der Waals surface area contributed by atoms with E-state index in [1.54, 1.807) is 33.9 Å². The quantitative estimate of drug-likeness (QED) is 0.219. The van der Waals surface area contributed by atoms with Gasteiger partial charge in [0.15, 0.2) is 11.6 Å². The van der Waals surface area contributed by atoms with Crippen molar-refractivity contribution in [1.29, 1.82) is 0 Å². The fourth-order valence-corrected chi connectivity index (χ4v) is 4.67. The second-order valence-electron chi connectivity index (χ2n) is 12.1. The third-order valence-electron chi connectivity index (χ3n) is 6.94. The number of nitrogens with one attached hydrogen (secondary N) is 2. The van der Waals surface area contributed by atoms with E-state index in [0.717, 1.165) is 0 Å². The van der Waals surface area contributed by atoms with Gasteiger partial charge in [-0.2, -0.15) is 0 Å². The third kappa shape index (κ3) is 10.6. The van der Waals surface area contributed by atoms with Crippen molar-refractivity contribution in [2.75, 3.05) is 25.6 Å². The maximum Gasteiger partial charge on any atom is 0.408 e. The van der Waals surface area contributed by atoms with E-state index < -0.39 is 29.7 Å². The first kappa shape index (κ1) is 33.3. The fourth-order valence-electron chi connectivity index (χ4n) is 4.67. The van der Waals surface area contributed by atoms with Gasteiger partial charge in [0.1, 0.15) is 11.7 Å². The van der Waals surface area contributed by atoms with Gasteiger partial charge in [-0.25, -0.2) is 9.18 Å². The summed E-state index contributed by atoms with van der Waals surface area (Å²) in [6, 6.07) is 3.83. The van der Waals surface area contributed by atoms with Crippen LogP contribution in [0.25, 0.3) is 0 Å². The average molecular weight is 567 g/mol. The zero-order chi connectivity index (χ0) is 30.0. The summed E-state index contributed by atoms with van der Waals surface area (Å²) in [6.45, 7) is 13.9. The second kappa shape index (κ2) is 15.2. The van der Waals surface area contributed by atoms with Crippen LogP contribution in [0.2, 0.25) is 0 Å². The number of hydrogen-bond donors (Lipinski definition) is 2. The van der Waals surface area contributed by atoms with Gasteiger partial charge in [-0.1, -0.05) is 33.8 Å². The van der Waals surface area contributed by atoms with Crippen molar-refractivity contribution in [1.82, 2.24) is 5.32 Å². The smallest absolute Gasteiger partial charge is 0.408 e. The lowest BCUT2D eigenvalue weighted by atomic mass is 9.83. The van der Waals surface area contributed by atoms with Crippen LogP contribution in [-0.4, -0.2) is 56.0 Å². The van der Waals surface area contributed by atoms with Gasteiger partial charge in [0.05, 0.1) is 24.3 Å². The van der Waals surface area contributed by atoms with Crippen molar-refractivity contribution in [3.05, 3.63) is 24.0 Å². The van der Waals surface area contributed by atoms with Gasteiger partial charge in [0.25, 0.3) is 0 Å². The maximum absolute atomic E-state index is 14.5. The number of para-hydroxylation sites is 1. The largest absolute Gasteiger partial charge is 0.488 e. The molecule has 40 heavy (non-hydrogen) atoms. The summed E-state index contributed by atoms with van der Waals surface area (Å²) >= 11 is 0. The minimum atomic E-state index is -0.701. The number of methoxy groups -OCH3 is 1. The van der Waals surface area contributed by atoms with E-state index in [9.17, 15) is 18.8 Å². The molecular weight excluding hydrogens is 519 g/mol. The molecule has 1 aromatic rings. The van der Waals surface area contributed by atoms with E-state index >= 15 is 0 Å². The van der Waals surface area contributed by atoms with Gasteiger partial charge in [0, 0.05) is 26.6 Å². The summed E-state index contributed by atoms with van der Waals surface area (Å²) < 4.78 is 36.3. The minimum Gasteiger partial charge on any atom is -0.488 e. The van der Waals surface area contributed by atoms with Gasteiger partial charge in [-0.05, 0) is 63.5 Å². The molecule has 1 aliphatic heterocycles. The minimum absolute atomic E-state index is 0.0184. The number of cyclic esters (lactones) is 1. The molecular formula is C30H47FN2O7. The molecule has 1 aromatic carbocycles. The van der Waals surface area contributed by atoms with Gasteiger partial charge in [-0.15, -0.1) is 0 Å². The number of carbonyl (C=O) groups excluding carboxylic acids is 3. The topological polar surface area (TPSA) is 112 Å². The number of ether oxygens (including phenoxy) is 4. The molecule has 0 aliphatic carbocycles. The number of rotatable bonds is 14. The molecule has 2 rings (SSSR count). The van der Waals surface area contributed by atoms with Crippen LogP contribution in [0.15, 0.2) is 18.2 Å². The number of benzene rings is 1. The molecule has 4 atom stereocenters. The predicted molar refractivity (Wildman–Crippen MR) is 151 cm³/mol. The summed E-state index contributed by atoms with van der Waals surface area (Å²) in [4.78, 5) is 38.4. The van der Waals surface area contributed by atoms with E-state index in [1.807, 2.05) is 27.7 Å². The summed E-state index contributed by atoms with van der Waals surface area (Å²) in [5.41, 5.74) is -0.453. The fraction of sp³-hybridized carbons (Fsp3) is 0.700. The van der Waals surface area contributed by atoms with Crippen LogP contribution in [0.1, 0.15) is 74.1 Å². The zero-order valence-corrected chi connectivity index (χ0v) is 25.2. The van der Waals surface area contributed by atoms with Crippen LogP contribution >= 0.6 is 0 Å². The molecule has 9 nitrogen and oxygen atoms in total. The highest BCUT2D eigenvalue weighted by Gasteiger charge is 2.42. The first-order valence-electron chi connectivity index (χ1n) is 14.1. The Bertz CT molecular complexity index is 993. The molecule has 1 aliphatic rings. The molecule has 0 spiro atoms. The molecule has 0 aromatic heterocycles. The van der Waals surface area contributed by atoms with Crippen LogP contribution in [0.4, 0.5) is 14.9 Å². The second-order valence-corrected chi connectivity index (χ2v) is 12.1. The number of esters is 1. The van der Waals surface area contributed by atoms with Gasteiger partial charge in [0.2, 0.25) is 5.91 Å². The van der Waals surface area contributed by atoms with E-state index in [1.165, 1.54) is 12.1 Å². The number of hydrogen-bond acceptors (Lipinski definition) is 7. The van der Waals surface area contributed by atoms with Gasteiger partial charge >= 0.3 is 12.1 Å². The highest BCUT2D eigenvalue weighted by molar-refractivity contribution is 5.92. The summed E-state index contributed by atoms with van der Waals surface area (Å²) in [6.07, 6.45) is 0.398. The van der Waals surface area contributed by atoms with Crippen LogP contribution in [0.3, 0.4) is 0 Å². The van der Waals surface area contributed by atoms with Crippen molar-refractivity contribution in [3.63, 3.8) is 0 Å². The molecule has 1 fully saturated rings. The number of carbonyl (C=O) groups is 3. The number of alkyl carbamates (subject to hydrolysis) is 1. The lowest BCUT2D eigenvalue weighted by Gasteiger charge is -2.31. The van der Waals surface area contributed by atoms with E-state index in [0.29, 0.717) is 25.9 Å². The standard InChI is InChI=1S/C30H47FN2O7/c1-18(2)20(16-26(34)32-23-12-9-11-22(31)27(23)38-14-10-13-37-8)15-24(33-29(36)40-30(5,6)7)25-17-21(19(3)4)28(35)39-25/h9,11-12,18-21,24-25H,10,13-17H2,1-8H3,(H,32,34)(H,33,36)/t20-,21+,24+,25+/m1/s1. The van der Waals surface area contributed by atoms with E-state index in [-0.39, 0.29) is 60.0 Å². The normalized spacial score (nSPS) is 18.8. The highest BCUT2D eigenvalue weighted by Crippen LogP contribution is 2.34. The zero-order valence-electron chi connectivity index (χ0n) is 25.2. The Labute approximate surface area is 237 Å². The highest BCUT2D eigenvalue weighted by atomic mass is 19.1. The van der Waals surface area contributed by atoms with Crippen LogP contribution in [0, 0.1) is 29.5 Å². The van der Waals surface area contributed by atoms with Crippen molar-refractivity contribution in [3.8, 4) is 5.75 Å². The molecule has 1 saturated heterocycles. The third-order valence-corrected chi connectivity index (χ3v) is 6.94. The first-order valence-corrected chi connectivity index (χ1v) is 14.1. The van der Waals surface area contributed by atoms with Gasteiger partial charge in [-0.3, -0.25) is 9.59 Å². The number of halogens is 1. The summed E-state index contributed by atoms with van der Waals surface area (Å²) in [7, 11) is 1.58. The van der Waals surface area contributed by atoms with E-state index in [2.05, 4.69) is 10.6 Å². The Morgan fingerprint density at radius 2 is 1.85 bits per heavy atom. The average Bonchev–Trinajstić information content (AvgIpc) is 3.23. The lowest BCUT2D eigenvalue weighted by Crippen LogP contribution is -2.47. The van der Waals surface area contributed by atoms with Crippen LogP contribution in [-0.2, 0) is 23.8 Å². The lowest BCUT2D eigenvalue weighted by molar-refractivity contribution is -0.146.